The average molecular weight is 260 g/mol. The number of halogens is 1. The van der Waals surface area contributed by atoms with Crippen LogP contribution in [0.3, 0.4) is 0 Å². The Morgan fingerprint density at radius 1 is 1.53 bits per heavy atom. The lowest BCUT2D eigenvalue weighted by Crippen LogP contribution is -2.54. The molecule has 0 aromatic rings. The summed E-state index contributed by atoms with van der Waals surface area (Å²) >= 11 is 0. The summed E-state index contributed by atoms with van der Waals surface area (Å²) in [7, 11) is -3.13. The number of rotatable bonds is 2. The molecule has 5 nitrogen and oxygen atoms in total. The second-order valence-corrected chi connectivity index (χ2v) is 6.38. The molecule has 0 aliphatic heterocycles. The van der Waals surface area contributed by atoms with Crippen LogP contribution in [0.1, 0.15) is 19.3 Å². The topological polar surface area (TPSA) is 101 Å². The standard InChI is InChI=1S/C8H17NO4S.ClH/c1-14(12,13)6-2-3-8(11,5-9)7(10)4-6;/h6-7,10-11H,2-5,9H2,1H3;1H/t6-,7?,8?;/m1./s1. The van der Waals surface area contributed by atoms with Crippen molar-refractivity contribution in [2.75, 3.05) is 12.8 Å². The molecule has 0 aromatic heterocycles. The van der Waals surface area contributed by atoms with Gasteiger partial charge in [0.2, 0.25) is 0 Å². The maximum atomic E-state index is 11.2. The first-order valence-corrected chi connectivity index (χ1v) is 6.54. The van der Waals surface area contributed by atoms with E-state index in [0.717, 1.165) is 6.26 Å². The van der Waals surface area contributed by atoms with Crippen molar-refractivity contribution in [3.05, 3.63) is 0 Å². The van der Waals surface area contributed by atoms with Gasteiger partial charge in [-0.05, 0) is 19.3 Å². The molecule has 1 saturated carbocycles. The molecule has 4 N–H and O–H groups in total. The highest BCUT2D eigenvalue weighted by molar-refractivity contribution is 7.91. The van der Waals surface area contributed by atoms with Crippen molar-refractivity contribution in [2.45, 2.75) is 36.2 Å². The van der Waals surface area contributed by atoms with Gasteiger partial charge in [-0.25, -0.2) is 8.42 Å². The minimum atomic E-state index is -3.13. The van der Waals surface area contributed by atoms with Gasteiger partial charge < -0.3 is 15.9 Å². The highest BCUT2D eigenvalue weighted by atomic mass is 35.5. The van der Waals surface area contributed by atoms with E-state index >= 15 is 0 Å². The Hall–Kier alpha value is 0.120. The van der Waals surface area contributed by atoms with Crippen LogP contribution in [0.15, 0.2) is 0 Å². The van der Waals surface area contributed by atoms with Crippen molar-refractivity contribution < 1.29 is 18.6 Å². The van der Waals surface area contributed by atoms with Crippen LogP contribution in [0.2, 0.25) is 0 Å². The summed E-state index contributed by atoms with van der Waals surface area (Å²) in [4.78, 5) is 0. The summed E-state index contributed by atoms with van der Waals surface area (Å²) in [5, 5.41) is 18.8. The monoisotopic (exact) mass is 259 g/mol. The molecule has 0 aromatic carbocycles. The van der Waals surface area contributed by atoms with E-state index in [4.69, 9.17) is 5.73 Å². The fourth-order valence-corrected chi connectivity index (χ4v) is 2.87. The normalized spacial score (nSPS) is 37.1. The highest BCUT2D eigenvalue weighted by Crippen LogP contribution is 2.31. The lowest BCUT2D eigenvalue weighted by atomic mass is 9.82. The Morgan fingerprint density at radius 3 is 2.40 bits per heavy atom. The maximum absolute atomic E-state index is 11.2. The van der Waals surface area contributed by atoms with Gasteiger partial charge in [-0.1, -0.05) is 0 Å². The molecule has 0 saturated heterocycles. The average Bonchev–Trinajstić information content (AvgIpc) is 2.08. The van der Waals surface area contributed by atoms with E-state index in [0.29, 0.717) is 6.42 Å². The predicted octanol–water partition coefficient (Wildman–Crippen LogP) is -0.944. The zero-order valence-corrected chi connectivity index (χ0v) is 10.2. The number of aliphatic hydroxyl groups excluding tert-OH is 1. The van der Waals surface area contributed by atoms with Crippen molar-refractivity contribution in [1.82, 2.24) is 0 Å². The van der Waals surface area contributed by atoms with Gasteiger partial charge in [-0.2, -0.15) is 0 Å². The predicted molar refractivity (Wildman–Crippen MR) is 59.7 cm³/mol. The number of sulfone groups is 1. The molecule has 0 radical (unpaired) electrons. The molecule has 0 bridgehead atoms. The number of nitrogens with two attached hydrogens (primary N) is 1. The minimum absolute atomic E-state index is 0. The zero-order valence-electron chi connectivity index (χ0n) is 8.59. The van der Waals surface area contributed by atoms with E-state index in [1.807, 2.05) is 0 Å². The quantitative estimate of drug-likeness (QED) is 0.594. The number of aliphatic hydroxyl groups is 2. The van der Waals surface area contributed by atoms with Crippen LogP contribution in [0.4, 0.5) is 0 Å². The van der Waals surface area contributed by atoms with E-state index in [1.54, 1.807) is 0 Å². The van der Waals surface area contributed by atoms with Gasteiger partial charge in [0.25, 0.3) is 0 Å². The molecule has 3 atom stereocenters. The summed E-state index contributed by atoms with van der Waals surface area (Å²) in [5.41, 5.74) is 4.02. The molecule has 1 aliphatic carbocycles. The Balaban J connectivity index is 0.00000196. The Morgan fingerprint density at radius 2 is 2.07 bits per heavy atom. The van der Waals surface area contributed by atoms with Crippen LogP contribution in [-0.4, -0.2) is 48.4 Å². The lowest BCUT2D eigenvalue weighted by Gasteiger charge is -2.38. The maximum Gasteiger partial charge on any atom is 0.150 e. The van der Waals surface area contributed by atoms with E-state index < -0.39 is 26.8 Å². The van der Waals surface area contributed by atoms with Crippen LogP contribution < -0.4 is 5.73 Å². The highest BCUT2D eigenvalue weighted by Gasteiger charge is 2.42. The van der Waals surface area contributed by atoms with E-state index in [1.165, 1.54) is 0 Å². The molecule has 1 aliphatic rings. The van der Waals surface area contributed by atoms with E-state index in [-0.39, 0.29) is 31.8 Å². The second kappa shape index (κ2) is 4.97. The first-order valence-electron chi connectivity index (χ1n) is 4.59. The van der Waals surface area contributed by atoms with Gasteiger partial charge in [0, 0.05) is 12.8 Å². The molecule has 7 heteroatoms. The van der Waals surface area contributed by atoms with Crippen molar-refractivity contribution in [1.29, 1.82) is 0 Å². The van der Waals surface area contributed by atoms with Crippen molar-refractivity contribution >= 4 is 22.2 Å². The van der Waals surface area contributed by atoms with Crippen molar-refractivity contribution in [2.24, 2.45) is 5.73 Å². The Bertz CT molecular complexity index is 308. The number of hydrogen-bond donors (Lipinski definition) is 3. The zero-order chi connectivity index (χ0) is 11.0. The summed E-state index contributed by atoms with van der Waals surface area (Å²) in [5.74, 6) is 0. The van der Waals surface area contributed by atoms with Crippen LogP contribution in [0.5, 0.6) is 0 Å². The van der Waals surface area contributed by atoms with Crippen LogP contribution in [0, 0.1) is 0 Å². The van der Waals surface area contributed by atoms with Crippen LogP contribution in [-0.2, 0) is 9.84 Å². The first kappa shape index (κ1) is 15.1. The van der Waals surface area contributed by atoms with Gasteiger partial charge in [0.1, 0.15) is 15.4 Å². The molecule has 0 spiro atoms. The molecule has 2 unspecified atom stereocenters. The van der Waals surface area contributed by atoms with Gasteiger partial charge in [-0.15, -0.1) is 12.4 Å². The van der Waals surface area contributed by atoms with Crippen molar-refractivity contribution in [3.8, 4) is 0 Å². The van der Waals surface area contributed by atoms with Crippen molar-refractivity contribution in [3.63, 3.8) is 0 Å². The summed E-state index contributed by atoms with van der Waals surface area (Å²) < 4.78 is 22.4. The Kier molecular flexibility index (Phi) is 5.01. The summed E-state index contributed by atoms with van der Waals surface area (Å²) in [6.45, 7) is -0.0371. The Labute approximate surface area is 96.0 Å². The minimum Gasteiger partial charge on any atom is -0.390 e. The third-order valence-corrected chi connectivity index (χ3v) is 4.60. The third kappa shape index (κ3) is 3.29. The molecular weight excluding hydrogens is 242 g/mol. The summed E-state index contributed by atoms with van der Waals surface area (Å²) in [6, 6.07) is 0. The molecule has 1 fully saturated rings. The fourth-order valence-electron chi connectivity index (χ4n) is 1.79. The van der Waals surface area contributed by atoms with Gasteiger partial charge in [0.05, 0.1) is 11.4 Å². The largest absolute Gasteiger partial charge is 0.390 e. The van der Waals surface area contributed by atoms with Gasteiger partial charge in [0.15, 0.2) is 0 Å². The van der Waals surface area contributed by atoms with Crippen LogP contribution in [0.25, 0.3) is 0 Å². The molecule has 92 valence electrons. The molecule has 1 rings (SSSR count). The molecule has 0 heterocycles. The SMILES string of the molecule is CS(=O)(=O)[C@@H]1CCC(O)(CN)C(O)C1.Cl. The smallest absolute Gasteiger partial charge is 0.150 e. The number of hydrogen-bond acceptors (Lipinski definition) is 5. The van der Waals surface area contributed by atoms with E-state index in [2.05, 4.69) is 0 Å². The fraction of sp³-hybridized carbons (Fsp3) is 1.00. The third-order valence-electron chi connectivity index (χ3n) is 2.96. The van der Waals surface area contributed by atoms with Gasteiger partial charge >= 0.3 is 0 Å². The summed E-state index contributed by atoms with van der Waals surface area (Å²) in [6.07, 6.45) is 0.788. The second-order valence-electron chi connectivity index (χ2n) is 4.05. The first-order chi connectivity index (χ1) is 6.29. The van der Waals surface area contributed by atoms with E-state index in [9.17, 15) is 18.6 Å². The van der Waals surface area contributed by atoms with Gasteiger partial charge in [-0.3, -0.25) is 0 Å². The molecule has 0 amide bonds. The molecule has 15 heavy (non-hydrogen) atoms. The lowest BCUT2D eigenvalue weighted by molar-refractivity contribution is -0.0915. The van der Waals surface area contributed by atoms with Crippen LogP contribution >= 0.6 is 12.4 Å². The molecular formula is C8H18ClNO4S.